The van der Waals surface area contributed by atoms with Crippen LogP contribution in [0.3, 0.4) is 0 Å². The highest BCUT2D eigenvalue weighted by Crippen LogP contribution is 2.35. The van der Waals surface area contributed by atoms with Gasteiger partial charge < -0.3 is 4.90 Å². The van der Waals surface area contributed by atoms with E-state index in [0.29, 0.717) is 5.54 Å². The molecule has 0 N–H and O–H groups in total. The van der Waals surface area contributed by atoms with Gasteiger partial charge in [-0.2, -0.15) is 0 Å². The van der Waals surface area contributed by atoms with Gasteiger partial charge in [-0.25, -0.2) is 9.97 Å². The first kappa shape index (κ1) is 12.9. The maximum atomic E-state index is 4.40. The molecule has 0 bridgehead atoms. The van der Waals surface area contributed by atoms with E-state index in [1.165, 1.54) is 13.1 Å². The molecule has 0 spiro atoms. The van der Waals surface area contributed by atoms with Crippen LogP contribution < -0.4 is 4.90 Å². The molecule has 2 aliphatic heterocycles. The van der Waals surface area contributed by atoms with E-state index < -0.39 is 0 Å². The molecule has 3 rings (SSSR count). The number of rotatable bonds is 2. The predicted molar refractivity (Wildman–Crippen MR) is 77.3 cm³/mol. The van der Waals surface area contributed by atoms with Gasteiger partial charge in [-0.15, -0.1) is 0 Å². The Morgan fingerprint density at radius 3 is 2.05 bits per heavy atom. The molecule has 4 heteroatoms. The predicted octanol–water partition coefficient (Wildman–Crippen LogP) is 1.95. The molecule has 0 saturated carbocycles. The summed E-state index contributed by atoms with van der Waals surface area (Å²) in [7, 11) is 0. The fraction of sp³-hybridized carbons (Fsp3) is 0.733. The topological polar surface area (TPSA) is 32.3 Å². The second kappa shape index (κ2) is 4.44. The SMILES string of the molecule is Cc1cnc(N2CC(C3CN(C(C)(C)C)C3)C2)nc1. The van der Waals surface area contributed by atoms with E-state index in [0.717, 1.165) is 36.4 Å². The van der Waals surface area contributed by atoms with Gasteiger partial charge in [0.15, 0.2) is 0 Å². The van der Waals surface area contributed by atoms with Crippen LogP contribution in [-0.2, 0) is 0 Å². The number of hydrogen-bond donors (Lipinski definition) is 0. The minimum absolute atomic E-state index is 0.333. The molecule has 2 aliphatic rings. The molecule has 4 nitrogen and oxygen atoms in total. The van der Waals surface area contributed by atoms with Crippen molar-refractivity contribution in [2.24, 2.45) is 11.8 Å². The van der Waals surface area contributed by atoms with Crippen LogP contribution in [0.25, 0.3) is 0 Å². The molecule has 2 saturated heterocycles. The summed E-state index contributed by atoms with van der Waals surface area (Å²) in [6, 6.07) is 0. The summed E-state index contributed by atoms with van der Waals surface area (Å²) in [6.45, 7) is 13.7. The number of anilines is 1. The number of hydrogen-bond acceptors (Lipinski definition) is 4. The molecule has 2 fully saturated rings. The minimum atomic E-state index is 0.333. The van der Waals surface area contributed by atoms with Crippen LogP contribution >= 0.6 is 0 Å². The van der Waals surface area contributed by atoms with Gasteiger partial charge >= 0.3 is 0 Å². The molecule has 0 atom stereocenters. The van der Waals surface area contributed by atoms with Crippen molar-refractivity contribution < 1.29 is 0 Å². The lowest BCUT2D eigenvalue weighted by Gasteiger charge is -2.54. The van der Waals surface area contributed by atoms with Crippen LogP contribution in [0, 0.1) is 18.8 Å². The van der Waals surface area contributed by atoms with Gasteiger partial charge in [0.05, 0.1) is 0 Å². The van der Waals surface area contributed by atoms with Gasteiger partial charge in [0.2, 0.25) is 5.95 Å². The van der Waals surface area contributed by atoms with E-state index in [1.807, 2.05) is 19.3 Å². The zero-order valence-electron chi connectivity index (χ0n) is 12.4. The Balaban J connectivity index is 1.48. The van der Waals surface area contributed by atoms with Crippen molar-refractivity contribution in [2.75, 3.05) is 31.1 Å². The van der Waals surface area contributed by atoms with E-state index in [9.17, 15) is 0 Å². The number of aryl methyl sites for hydroxylation is 1. The molecule has 104 valence electrons. The fourth-order valence-electron chi connectivity index (χ4n) is 2.88. The van der Waals surface area contributed by atoms with Crippen molar-refractivity contribution >= 4 is 5.95 Å². The summed E-state index contributed by atoms with van der Waals surface area (Å²) in [5.74, 6) is 2.61. The van der Waals surface area contributed by atoms with Crippen LogP contribution in [-0.4, -0.2) is 46.6 Å². The van der Waals surface area contributed by atoms with Gasteiger partial charge in [0, 0.05) is 44.1 Å². The van der Waals surface area contributed by atoms with Crippen LogP contribution in [0.2, 0.25) is 0 Å². The molecular weight excluding hydrogens is 236 g/mol. The highest BCUT2D eigenvalue weighted by Gasteiger charge is 2.43. The fourth-order valence-corrected chi connectivity index (χ4v) is 2.88. The standard InChI is InChI=1S/C15H24N4/c1-11-5-16-14(17-6-11)18-7-12(8-18)13-9-19(10-13)15(2,3)4/h5-6,12-13H,7-10H2,1-4H3. The van der Waals surface area contributed by atoms with Gasteiger partial charge in [-0.1, -0.05) is 0 Å². The summed E-state index contributed by atoms with van der Waals surface area (Å²) >= 11 is 0. The lowest BCUT2D eigenvalue weighted by Crippen LogP contribution is -2.63. The Morgan fingerprint density at radius 2 is 1.53 bits per heavy atom. The van der Waals surface area contributed by atoms with Crippen LogP contribution in [0.5, 0.6) is 0 Å². The summed E-state index contributed by atoms with van der Waals surface area (Å²) in [5, 5.41) is 0. The van der Waals surface area contributed by atoms with Gasteiger partial charge in [0.1, 0.15) is 0 Å². The normalized spacial score (nSPS) is 22.2. The largest absolute Gasteiger partial charge is 0.340 e. The Kier molecular flexibility index (Phi) is 3.01. The molecule has 0 unspecified atom stereocenters. The Labute approximate surface area is 115 Å². The number of nitrogens with zero attached hydrogens (tertiary/aromatic N) is 4. The van der Waals surface area contributed by atoms with E-state index in [2.05, 4.69) is 40.5 Å². The smallest absolute Gasteiger partial charge is 0.225 e. The third-order valence-electron chi connectivity index (χ3n) is 4.49. The molecule has 0 aromatic carbocycles. The average Bonchev–Trinajstić information content (AvgIpc) is 2.19. The lowest BCUT2D eigenvalue weighted by molar-refractivity contribution is -0.0193. The third-order valence-corrected chi connectivity index (χ3v) is 4.49. The maximum Gasteiger partial charge on any atom is 0.225 e. The summed E-state index contributed by atoms with van der Waals surface area (Å²) < 4.78 is 0. The van der Waals surface area contributed by atoms with Crippen molar-refractivity contribution in [3.63, 3.8) is 0 Å². The van der Waals surface area contributed by atoms with Gasteiger partial charge in [-0.3, -0.25) is 4.90 Å². The molecule has 19 heavy (non-hydrogen) atoms. The number of aromatic nitrogens is 2. The van der Waals surface area contributed by atoms with Crippen LogP contribution in [0.4, 0.5) is 5.95 Å². The molecule has 0 radical (unpaired) electrons. The molecule has 0 amide bonds. The monoisotopic (exact) mass is 260 g/mol. The molecule has 1 aromatic heterocycles. The van der Waals surface area contributed by atoms with Gasteiger partial charge in [0.25, 0.3) is 0 Å². The number of likely N-dealkylation sites (tertiary alicyclic amines) is 1. The maximum absolute atomic E-state index is 4.40. The summed E-state index contributed by atoms with van der Waals surface area (Å²) in [5.41, 5.74) is 1.46. The first-order valence-electron chi connectivity index (χ1n) is 7.22. The lowest BCUT2D eigenvalue weighted by atomic mass is 9.79. The quantitative estimate of drug-likeness (QED) is 0.813. The van der Waals surface area contributed by atoms with E-state index in [4.69, 9.17) is 0 Å². The van der Waals surface area contributed by atoms with Crippen molar-refractivity contribution in [1.82, 2.24) is 14.9 Å². The molecule has 0 aliphatic carbocycles. The molecule has 3 heterocycles. The van der Waals surface area contributed by atoms with Crippen molar-refractivity contribution in [1.29, 1.82) is 0 Å². The highest BCUT2D eigenvalue weighted by atomic mass is 15.3. The second-order valence-corrected chi connectivity index (χ2v) is 7.06. The van der Waals surface area contributed by atoms with E-state index in [-0.39, 0.29) is 0 Å². The first-order chi connectivity index (χ1) is 8.93. The second-order valence-electron chi connectivity index (χ2n) is 7.06. The van der Waals surface area contributed by atoms with Crippen LogP contribution in [0.1, 0.15) is 26.3 Å². The minimum Gasteiger partial charge on any atom is -0.340 e. The van der Waals surface area contributed by atoms with Crippen molar-refractivity contribution in [3.05, 3.63) is 18.0 Å². The third kappa shape index (κ3) is 2.46. The zero-order valence-corrected chi connectivity index (χ0v) is 12.4. The van der Waals surface area contributed by atoms with E-state index >= 15 is 0 Å². The highest BCUT2D eigenvalue weighted by molar-refractivity contribution is 5.34. The first-order valence-corrected chi connectivity index (χ1v) is 7.22. The van der Waals surface area contributed by atoms with Crippen molar-refractivity contribution in [2.45, 2.75) is 33.2 Å². The van der Waals surface area contributed by atoms with Crippen molar-refractivity contribution in [3.8, 4) is 0 Å². The van der Waals surface area contributed by atoms with Crippen LogP contribution in [0.15, 0.2) is 12.4 Å². The van der Waals surface area contributed by atoms with Gasteiger partial charge in [-0.05, 0) is 45.1 Å². The zero-order chi connectivity index (χ0) is 13.6. The average molecular weight is 260 g/mol. The van der Waals surface area contributed by atoms with E-state index in [1.54, 1.807) is 0 Å². The molecule has 1 aromatic rings. The Morgan fingerprint density at radius 1 is 1.00 bits per heavy atom. The Bertz CT molecular complexity index is 436. The molecular formula is C15H24N4. The summed E-state index contributed by atoms with van der Waals surface area (Å²) in [4.78, 5) is 13.7. The summed E-state index contributed by atoms with van der Waals surface area (Å²) in [6.07, 6.45) is 3.81. The Hall–Kier alpha value is -1.16.